The van der Waals surface area contributed by atoms with Gasteiger partial charge in [0, 0.05) is 45.5 Å². The van der Waals surface area contributed by atoms with E-state index in [0.717, 1.165) is 65.3 Å². The lowest BCUT2D eigenvalue weighted by atomic mass is 9.85. The van der Waals surface area contributed by atoms with Gasteiger partial charge in [-0.1, -0.05) is 57.2 Å². The average molecular weight is 1020 g/mol. The molecular weight excluding hydrogens is 961 g/mol. The van der Waals surface area contributed by atoms with Crippen LogP contribution in [0, 0.1) is 12.3 Å². The molecule has 4 amide bonds. The second kappa shape index (κ2) is 23.0. The normalized spacial score (nSPS) is 15.6. The molecule has 14 nitrogen and oxygen atoms in total. The maximum Gasteiger partial charge on any atom is 0.271 e. The zero-order chi connectivity index (χ0) is 51.8. The number of hydrogen-bond donors (Lipinski definition) is 6. The van der Waals surface area contributed by atoms with Crippen molar-refractivity contribution in [2.45, 2.75) is 91.0 Å². The van der Waals surface area contributed by atoms with Crippen molar-refractivity contribution < 1.29 is 39.2 Å². The van der Waals surface area contributed by atoms with Gasteiger partial charge in [0.1, 0.15) is 29.3 Å². The van der Waals surface area contributed by atoms with Crippen LogP contribution in [0.3, 0.4) is 0 Å². The second-order valence-electron chi connectivity index (χ2n) is 19.4. The minimum atomic E-state index is -0.908. The lowest BCUT2D eigenvalue weighted by Gasteiger charge is -2.35. The van der Waals surface area contributed by atoms with Crippen LogP contribution in [0.2, 0.25) is 0 Å². The van der Waals surface area contributed by atoms with Gasteiger partial charge < -0.3 is 35.6 Å². The quantitative estimate of drug-likeness (QED) is 0.0275. The Balaban J connectivity index is 0.772. The molecule has 0 spiro atoms. The minimum Gasteiger partial charge on any atom is -0.508 e. The van der Waals surface area contributed by atoms with E-state index in [4.69, 9.17) is 4.74 Å². The Bertz CT molecular complexity index is 3110. The number of β-amino-alcohol motifs (C(OH)–C–C–N with tert-alkyl or cyclic N) is 1. The monoisotopic (exact) mass is 1020 g/mol. The van der Waals surface area contributed by atoms with Gasteiger partial charge in [-0.3, -0.25) is 19.2 Å². The average Bonchev–Trinajstić information content (AvgIpc) is 4.10. The molecule has 3 heterocycles. The summed E-state index contributed by atoms with van der Waals surface area (Å²) in [6, 6.07) is 32.6. The molecule has 0 saturated carbocycles. The summed E-state index contributed by atoms with van der Waals surface area (Å²) in [5.41, 5.74) is 10.5. The van der Waals surface area contributed by atoms with Crippen molar-refractivity contribution in [3.63, 3.8) is 0 Å². The Morgan fingerprint density at radius 1 is 0.849 bits per heavy atom. The third-order valence-electron chi connectivity index (χ3n) is 12.9. The molecule has 5 aromatic carbocycles. The number of hydrazone groups is 1. The molecule has 0 bridgehead atoms. The van der Waals surface area contributed by atoms with E-state index in [9.17, 15) is 34.5 Å². The first-order chi connectivity index (χ1) is 35.0. The van der Waals surface area contributed by atoms with Gasteiger partial charge in [0.15, 0.2) is 0 Å². The van der Waals surface area contributed by atoms with E-state index in [0.29, 0.717) is 30.8 Å². The van der Waals surface area contributed by atoms with Gasteiger partial charge in [0.2, 0.25) is 17.7 Å². The number of fused-ring (bicyclic) bond motifs is 1. The molecule has 0 aliphatic carbocycles. The Morgan fingerprint density at radius 2 is 1.56 bits per heavy atom. The fourth-order valence-electron chi connectivity index (χ4n) is 8.89. The number of thiophene rings is 1. The zero-order valence-electron chi connectivity index (χ0n) is 41.4. The number of aromatic hydroxyl groups is 2. The van der Waals surface area contributed by atoms with Crippen molar-refractivity contribution in [3.05, 3.63) is 143 Å². The molecular formula is C57H60N6O8S2. The smallest absolute Gasteiger partial charge is 0.271 e. The standard InChI is InChI=1S/C57H60N6O8S2/c1-34(37-15-17-38(18-16-37)51-35(2)58-33-72-51)60-55(69)47-29-44(66)32-63(47)56(70)53(57(3,4)5)61-49(67)12-7-6-8-27-71-45-24-13-36(14-25-45)31-59-62-54(68)41-11-9-10-40(28-41)50-46-26-23-43(65)30-48(46)73-52(50)39-19-21-42(64)22-20-39/h9-11,13-26,28,30-31,33-34,44,47,53,64-66H,6-8,12,27,29,32H2,1-5H3,(H,60,69)(H,61,67)(H,62,68)/b59-31+/t34-,44+,47-,53+/m0/s1. The molecule has 1 aliphatic rings. The fourth-order valence-corrected chi connectivity index (χ4v) is 11.0. The summed E-state index contributed by atoms with van der Waals surface area (Å²) >= 11 is 3.10. The third-order valence-corrected chi connectivity index (χ3v) is 15.0. The van der Waals surface area contributed by atoms with Crippen LogP contribution in [0.4, 0.5) is 0 Å². The molecule has 4 atom stereocenters. The van der Waals surface area contributed by atoms with Gasteiger partial charge in [0.25, 0.3) is 5.91 Å². The van der Waals surface area contributed by atoms with Gasteiger partial charge in [-0.05, 0) is 145 Å². The number of aliphatic hydroxyl groups excluding tert-OH is 1. The second-order valence-corrected chi connectivity index (χ2v) is 21.3. The summed E-state index contributed by atoms with van der Waals surface area (Å²) in [7, 11) is 0. The first-order valence-corrected chi connectivity index (χ1v) is 26.0. The number of amides is 4. The predicted molar refractivity (Wildman–Crippen MR) is 288 cm³/mol. The Morgan fingerprint density at radius 3 is 2.27 bits per heavy atom. The number of likely N-dealkylation sites (tertiary alicyclic amines) is 1. The predicted octanol–water partition coefficient (Wildman–Crippen LogP) is 10.2. The first kappa shape index (κ1) is 51.9. The zero-order valence-corrected chi connectivity index (χ0v) is 43.1. The van der Waals surface area contributed by atoms with Gasteiger partial charge in [-0.15, -0.1) is 22.7 Å². The van der Waals surface area contributed by atoms with Crippen molar-refractivity contribution in [1.29, 1.82) is 0 Å². The highest BCUT2D eigenvalue weighted by Crippen LogP contribution is 2.46. The topological polar surface area (TPSA) is 203 Å². The summed E-state index contributed by atoms with van der Waals surface area (Å²) < 4.78 is 6.84. The van der Waals surface area contributed by atoms with E-state index < -0.39 is 29.5 Å². The molecule has 73 heavy (non-hydrogen) atoms. The number of hydrogen-bond acceptors (Lipinski definition) is 12. The number of ether oxygens (including phenoxy) is 1. The van der Waals surface area contributed by atoms with Crippen LogP contribution < -0.4 is 20.8 Å². The SMILES string of the molecule is Cc1ncsc1-c1ccc([C@H](C)NC(=O)[C@@H]2C[C@@H](O)CN2C(=O)[C@@H](NC(=O)CCCCCOc2ccc(/C=N/NC(=O)c3cccc(-c4c(-c5ccc(O)cc5)sc5cc(O)ccc45)c3)cc2)C(C)(C)C)cc1. The Labute approximate surface area is 432 Å². The number of thiazole rings is 1. The van der Waals surface area contributed by atoms with E-state index in [1.807, 2.05) is 125 Å². The number of benzene rings is 5. The Kier molecular flexibility index (Phi) is 16.4. The summed E-state index contributed by atoms with van der Waals surface area (Å²) in [5.74, 6) is -0.425. The molecule has 8 rings (SSSR count). The maximum atomic E-state index is 14.1. The van der Waals surface area contributed by atoms with Crippen LogP contribution in [0.15, 0.2) is 126 Å². The van der Waals surface area contributed by atoms with Crippen LogP contribution in [0.5, 0.6) is 17.2 Å². The van der Waals surface area contributed by atoms with E-state index >= 15 is 0 Å². The molecule has 2 aromatic heterocycles. The third kappa shape index (κ3) is 12.8. The number of carbonyl (C=O) groups excluding carboxylic acids is 4. The molecule has 16 heteroatoms. The van der Waals surface area contributed by atoms with Crippen LogP contribution in [0.1, 0.15) is 93.0 Å². The number of aryl methyl sites for hydroxylation is 1. The molecule has 1 saturated heterocycles. The number of carbonyl (C=O) groups is 4. The van der Waals surface area contributed by atoms with Crippen LogP contribution in [0.25, 0.3) is 42.1 Å². The number of phenols is 2. The van der Waals surface area contributed by atoms with E-state index in [-0.39, 0.29) is 54.6 Å². The largest absolute Gasteiger partial charge is 0.508 e. The molecule has 7 aromatic rings. The van der Waals surface area contributed by atoms with Crippen molar-refractivity contribution in [3.8, 4) is 49.3 Å². The lowest BCUT2D eigenvalue weighted by molar-refractivity contribution is -0.144. The highest BCUT2D eigenvalue weighted by molar-refractivity contribution is 7.23. The van der Waals surface area contributed by atoms with E-state index in [1.165, 1.54) is 16.2 Å². The summed E-state index contributed by atoms with van der Waals surface area (Å²) in [6.45, 7) is 9.89. The number of unbranched alkanes of at least 4 members (excludes halogenated alkanes) is 2. The van der Waals surface area contributed by atoms with Gasteiger partial charge in [0.05, 0.1) is 41.0 Å². The first-order valence-electron chi connectivity index (χ1n) is 24.3. The molecule has 6 N–H and O–H groups in total. The summed E-state index contributed by atoms with van der Waals surface area (Å²) in [5, 5.41) is 41.8. The van der Waals surface area contributed by atoms with Gasteiger partial charge in [-0.2, -0.15) is 5.10 Å². The highest BCUT2D eigenvalue weighted by atomic mass is 32.1. The van der Waals surface area contributed by atoms with Crippen molar-refractivity contribution in [2.24, 2.45) is 10.5 Å². The number of rotatable bonds is 18. The molecule has 378 valence electrons. The summed E-state index contributed by atoms with van der Waals surface area (Å²) in [6.07, 6.45) is 2.99. The van der Waals surface area contributed by atoms with Gasteiger partial charge in [-0.25, -0.2) is 10.4 Å². The van der Waals surface area contributed by atoms with Crippen molar-refractivity contribution >= 4 is 62.6 Å². The Hall–Kier alpha value is -7.40. The van der Waals surface area contributed by atoms with E-state index in [2.05, 4.69) is 26.1 Å². The molecule has 0 unspecified atom stereocenters. The molecule has 0 radical (unpaired) electrons. The maximum absolute atomic E-state index is 14.1. The van der Waals surface area contributed by atoms with E-state index in [1.54, 1.807) is 47.9 Å². The molecule has 1 fully saturated rings. The van der Waals surface area contributed by atoms with Crippen LogP contribution in [-0.4, -0.2) is 86.4 Å². The minimum absolute atomic E-state index is 0.00287. The fraction of sp³-hybridized carbons (Fsp3) is 0.298. The van der Waals surface area contributed by atoms with Crippen LogP contribution in [-0.2, 0) is 14.4 Å². The van der Waals surface area contributed by atoms with Crippen molar-refractivity contribution in [2.75, 3.05) is 13.2 Å². The highest BCUT2D eigenvalue weighted by Gasteiger charge is 2.44. The molecule has 1 aliphatic heterocycles. The lowest BCUT2D eigenvalue weighted by Crippen LogP contribution is -2.57. The number of nitrogens with zero attached hydrogens (tertiary/aromatic N) is 3. The number of phenolic OH excluding ortho intramolecular Hbond substituents is 2. The van der Waals surface area contributed by atoms with Gasteiger partial charge >= 0.3 is 0 Å². The van der Waals surface area contributed by atoms with Crippen LogP contribution >= 0.6 is 22.7 Å². The number of aliphatic hydroxyl groups is 1. The van der Waals surface area contributed by atoms with Crippen molar-refractivity contribution in [1.82, 2.24) is 25.9 Å². The summed E-state index contributed by atoms with van der Waals surface area (Å²) in [4.78, 5) is 62.1. The number of aromatic nitrogens is 1. The number of nitrogens with one attached hydrogen (secondary N) is 3.